The Kier molecular flexibility index (Phi) is 14.2. The number of methoxy groups -OCH3 is 1. The van der Waals surface area contributed by atoms with Crippen molar-refractivity contribution in [2.24, 2.45) is 5.92 Å². The molecule has 3 rings (SSSR count). The number of nitrogens with one attached hydrogen (secondary N) is 1. The molecule has 0 saturated carbocycles. The lowest BCUT2D eigenvalue weighted by molar-refractivity contribution is -0.126. The van der Waals surface area contributed by atoms with Crippen molar-refractivity contribution in [2.45, 2.75) is 40.2 Å². The summed E-state index contributed by atoms with van der Waals surface area (Å²) in [6.07, 6.45) is 2.28. The molecule has 3 heteroatoms. The summed E-state index contributed by atoms with van der Waals surface area (Å²) < 4.78 is 4.92. The van der Waals surface area contributed by atoms with Crippen LogP contribution in [0.15, 0.2) is 91.0 Å². The number of rotatable bonds is 7. The Morgan fingerprint density at radius 1 is 0.742 bits per heavy atom. The molecule has 0 radical (unpaired) electrons. The van der Waals surface area contributed by atoms with Crippen molar-refractivity contribution in [3.8, 4) is 0 Å². The number of hydrogen-bond donors (Lipinski definition) is 1. The Morgan fingerprint density at radius 2 is 1.13 bits per heavy atom. The van der Waals surface area contributed by atoms with Gasteiger partial charge in [-0.2, -0.15) is 0 Å². The predicted octanol–water partition coefficient (Wildman–Crippen LogP) is 6.08. The third kappa shape index (κ3) is 12.4. The molecule has 0 bridgehead atoms. The molecule has 1 N–H and O–H groups in total. The van der Waals surface area contributed by atoms with Gasteiger partial charge in [0.25, 0.3) is 0 Å². The SMILES string of the molecule is CCc1ccccc1.CCc1ccccc1.COCC(C)C(=O)NCc1ccccc1. The predicted molar refractivity (Wildman–Crippen MR) is 131 cm³/mol. The van der Waals surface area contributed by atoms with Gasteiger partial charge in [0.2, 0.25) is 5.91 Å². The van der Waals surface area contributed by atoms with Gasteiger partial charge in [0.05, 0.1) is 12.5 Å². The summed E-state index contributed by atoms with van der Waals surface area (Å²) in [6, 6.07) is 30.8. The number of aryl methyl sites for hydroxylation is 2. The maximum atomic E-state index is 11.5. The summed E-state index contributed by atoms with van der Waals surface area (Å²) in [4.78, 5) is 11.5. The van der Waals surface area contributed by atoms with Crippen molar-refractivity contribution in [1.29, 1.82) is 0 Å². The highest BCUT2D eigenvalue weighted by atomic mass is 16.5. The van der Waals surface area contributed by atoms with Gasteiger partial charge >= 0.3 is 0 Å². The van der Waals surface area contributed by atoms with Crippen molar-refractivity contribution in [3.05, 3.63) is 108 Å². The van der Waals surface area contributed by atoms with Gasteiger partial charge < -0.3 is 10.1 Å². The van der Waals surface area contributed by atoms with Crippen LogP contribution in [0.1, 0.15) is 37.5 Å². The molecule has 1 atom stereocenters. The fourth-order valence-electron chi connectivity index (χ4n) is 2.71. The molecular weight excluding hydrogens is 382 g/mol. The molecule has 1 amide bonds. The van der Waals surface area contributed by atoms with Gasteiger partial charge in [-0.15, -0.1) is 0 Å². The molecule has 0 aliphatic carbocycles. The van der Waals surface area contributed by atoms with E-state index in [9.17, 15) is 4.79 Å². The summed E-state index contributed by atoms with van der Waals surface area (Å²) in [5.74, 6) is -0.0700. The number of ether oxygens (including phenoxy) is 1. The summed E-state index contributed by atoms with van der Waals surface area (Å²) in [6.45, 7) is 7.21. The number of carbonyl (C=O) groups excluding carboxylic acids is 1. The minimum Gasteiger partial charge on any atom is -0.384 e. The normalized spacial score (nSPS) is 10.6. The summed E-state index contributed by atoms with van der Waals surface area (Å²) >= 11 is 0. The second-order valence-electron chi connectivity index (χ2n) is 7.24. The van der Waals surface area contributed by atoms with Crippen molar-refractivity contribution in [3.63, 3.8) is 0 Å². The van der Waals surface area contributed by atoms with Crippen LogP contribution in [-0.4, -0.2) is 19.6 Å². The smallest absolute Gasteiger partial charge is 0.225 e. The van der Waals surface area contributed by atoms with Gasteiger partial charge in [-0.25, -0.2) is 0 Å². The number of carbonyl (C=O) groups is 1. The van der Waals surface area contributed by atoms with Gasteiger partial charge in [0.15, 0.2) is 0 Å². The van der Waals surface area contributed by atoms with Crippen LogP contribution in [0.5, 0.6) is 0 Å². The number of benzene rings is 3. The Bertz CT molecular complexity index is 765. The molecular formula is C28H37NO2. The minimum atomic E-state index is -0.0984. The molecule has 0 spiro atoms. The first-order valence-corrected chi connectivity index (χ1v) is 11.0. The van der Waals surface area contributed by atoms with Crippen LogP contribution in [0.4, 0.5) is 0 Å². The van der Waals surface area contributed by atoms with Crippen molar-refractivity contribution in [2.75, 3.05) is 13.7 Å². The second kappa shape index (κ2) is 16.8. The highest BCUT2D eigenvalue weighted by molar-refractivity contribution is 5.78. The zero-order valence-corrected chi connectivity index (χ0v) is 19.4. The summed E-state index contributed by atoms with van der Waals surface area (Å²) in [5.41, 5.74) is 3.93. The highest BCUT2D eigenvalue weighted by Gasteiger charge is 2.11. The van der Waals surface area contributed by atoms with E-state index in [1.54, 1.807) is 7.11 Å². The molecule has 3 nitrogen and oxygen atoms in total. The van der Waals surface area contributed by atoms with E-state index < -0.39 is 0 Å². The third-order valence-corrected chi connectivity index (χ3v) is 4.68. The number of amides is 1. The summed E-state index contributed by atoms with van der Waals surface area (Å²) in [5, 5.41) is 2.86. The maximum absolute atomic E-state index is 11.5. The van der Waals surface area contributed by atoms with Gasteiger partial charge in [0.1, 0.15) is 0 Å². The Morgan fingerprint density at radius 3 is 1.45 bits per heavy atom. The third-order valence-electron chi connectivity index (χ3n) is 4.68. The lowest BCUT2D eigenvalue weighted by atomic mass is 10.1. The van der Waals surface area contributed by atoms with Crippen LogP contribution in [0.3, 0.4) is 0 Å². The summed E-state index contributed by atoms with van der Waals surface area (Å²) in [7, 11) is 1.60. The Labute approximate surface area is 188 Å². The topological polar surface area (TPSA) is 38.3 Å². The van der Waals surface area contributed by atoms with Gasteiger partial charge in [0, 0.05) is 13.7 Å². The molecule has 1 unspecified atom stereocenters. The van der Waals surface area contributed by atoms with Crippen molar-refractivity contribution >= 4 is 5.91 Å². The molecule has 0 heterocycles. The standard InChI is InChI=1S/C12H17NO2.2C8H10/c1-10(9-15-2)12(14)13-8-11-6-4-3-5-7-11;2*1-2-8-6-4-3-5-7-8/h3-7,10H,8-9H2,1-2H3,(H,13,14);2*3-7H,2H2,1H3. The molecule has 166 valence electrons. The van der Waals surface area contributed by atoms with Crippen molar-refractivity contribution < 1.29 is 9.53 Å². The van der Waals surface area contributed by atoms with E-state index in [4.69, 9.17) is 4.74 Å². The van der Waals surface area contributed by atoms with Gasteiger partial charge in [-0.1, -0.05) is 112 Å². The monoisotopic (exact) mass is 419 g/mol. The average molecular weight is 420 g/mol. The van der Waals surface area contributed by atoms with E-state index in [-0.39, 0.29) is 11.8 Å². The van der Waals surface area contributed by atoms with Crippen LogP contribution in [0.25, 0.3) is 0 Å². The average Bonchev–Trinajstić information content (AvgIpc) is 2.85. The number of hydrogen-bond acceptors (Lipinski definition) is 2. The van der Waals surface area contributed by atoms with E-state index in [2.05, 4.69) is 67.7 Å². The van der Waals surface area contributed by atoms with Crippen LogP contribution < -0.4 is 5.32 Å². The first-order chi connectivity index (χ1) is 15.1. The van der Waals surface area contributed by atoms with E-state index in [1.807, 2.05) is 49.4 Å². The lowest BCUT2D eigenvalue weighted by Gasteiger charge is -2.10. The van der Waals surface area contributed by atoms with Crippen LogP contribution in [-0.2, 0) is 28.9 Å². The zero-order valence-electron chi connectivity index (χ0n) is 19.4. The van der Waals surface area contributed by atoms with Crippen molar-refractivity contribution in [1.82, 2.24) is 5.32 Å². The minimum absolute atomic E-state index is 0.0284. The fraction of sp³-hybridized carbons (Fsp3) is 0.321. The Balaban J connectivity index is 0.000000253. The zero-order chi connectivity index (χ0) is 22.7. The molecule has 31 heavy (non-hydrogen) atoms. The second-order valence-corrected chi connectivity index (χ2v) is 7.24. The van der Waals surface area contributed by atoms with E-state index >= 15 is 0 Å². The molecule has 0 aromatic heterocycles. The van der Waals surface area contributed by atoms with E-state index in [0.29, 0.717) is 13.2 Å². The Hall–Kier alpha value is -2.91. The fourth-order valence-corrected chi connectivity index (χ4v) is 2.71. The van der Waals surface area contributed by atoms with Gasteiger partial charge in [-0.3, -0.25) is 4.79 Å². The largest absolute Gasteiger partial charge is 0.384 e. The van der Waals surface area contributed by atoms with E-state index in [1.165, 1.54) is 11.1 Å². The molecule has 0 aliphatic heterocycles. The van der Waals surface area contributed by atoms with Gasteiger partial charge in [-0.05, 0) is 29.5 Å². The lowest BCUT2D eigenvalue weighted by Crippen LogP contribution is -2.30. The maximum Gasteiger partial charge on any atom is 0.225 e. The highest BCUT2D eigenvalue weighted by Crippen LogP contribution is 2.00. The molecule has 3 aromatic carbocycles. The first-order valence-electron chi connectivity index (χ1n) is 11.0. The van der Waals surface area contributed by atoms with Crippen LogP contribution in [0.2, 0.25) is 0 Å². The van der Waals surface area contributed by atoms with Crippen LogP contribution in [0, 0.1) is 5.92 Å². The first kappa shape index (κ1) is 26.1. The molecule has 0 aliphatic rings. The van der Waals surface area contributed by atoms with Crippen LogP contribution >= 0.6 is 0 Å². The van der Waals surface area contributed by atoms with E-state index in [0.717, 1.165) is 18.4 Å². The molecule has 0 saturated heterocycles. The molecule has 0 fully saturated rings. The molecule has 3 aromatic rings. The quantitative estimate of drug-likeness (QED) is 0.504.